The number of fused-ring (bicyclic) bond motifs is 1. The Bertz CT molecular complexity index is 894. The van der Waals surface area contributed by atoms with Gasteiger partial charge >= 0.3 is 0 Å². The minimum absolute atomic E-state index is 0.304. The molecule has 4 rings (SSSR count). The molecular formula is C21H28N6. The van der Waals surface area contributed by atoms with Crippen molar-refractivity contribution < 1.29 is 0 Å². The molecule has 2 aromatic heterocycles. The summed E-state index contributed by atoms with van der Waals surface area (Å²) in [6, 6.07) is 11.0. The minimum atomic E-state index is 0.304. The minimum Gasteiger partial charge on any atom is -0.366 e. The molecule has 2 heterocycles. The zero-order valence-electron chi connectivity index (χ0n) is 16.0. The first-order chi connectivity index (χ1) is 13.1. The van der Waals surface area contributed by atoms with Crippen molar-refractivity contribution in [2.75, 3.05) is 10.6 Å². The molecule has 1 aliphatic carbocycles. The number of nitrogens with two attached hydrogens (primary N) is 1. The summed E-state index contributed by atoms with van der Waals surface area (Å²) in [7, 11) is 0. The van der Waals surface area contributed by atoms with Crippen molar-refractivity contribution in [2.45, 2.75) is 57.5 Å². The first kappa shape index (κ1) is 17.8. The first-order valence-electron chi connectivity index (χ1n) is 9.83. The lowest BCUT2D eigenvalue weighted by atomic mass is 9.91. The third-order valence-electron chi connectivity index (χ3n) is 5.31. The van der Waals surface area contributed by atoms with Crippen LogP contribution in [0.3, 0.4) is 0 Å². The van der Waals surface area contributed by atoms with Crippen LogP contribution in [0.4, 0.5) is 17.2 Å². The van der Waals surface area contributed by atoms with Crippen molar-refractivity contribution >= 4 is 22.8 Å². The summed E-state index contributed by atoms with van der Waals surface area (Å²) in [6.45, 7) is 4.41. The van der Waals surface area contributed by atoms with Crippen LogP contribution >= 0.6 is 0 Å². The Hall–Kier alpha value is -2.60. The van der Waals surface area contributed by atoms with Crippen LogP contribution in [0, 0.1) is 0 Å². The van der Waals surface area contributed by atoms with Crippen molar-refractivity contribution in [3.63, 3.8) is 0 Å². The van der Waals surface area contributed by atoms with Gasteiger partial charge < -0.3 is 16.4 Å². The van der Waals surface area contributed by atoms with Gasteiger partial charge in [-0.15, -0.1) is 5.10 Å². The third kappa shape index (κ3) is 3.76. The predicted octanol–water partition coefficient (Wildman–Crippen LogP) is 4.28. The Balaban J connectivity index is 1.75. The molecule has 1 aliphatic rings. The molecule has 27 heavy (non-hydrogen) atoms. The van der Waals surface area contributed by atoms with Gasteiger partial charge in [0.25, 0.3) is 0 Å². The van der Waals surface area contributed by atoms with E-state index >= 15 is 0 Å². The monoisotopic (exact) mass is 364 g/mol. The molecule has 3 aromatic rings. The lowest BCUT2D eigenvalue weighted by Gasteiger charge is -2.29. The molecule has 0 saturated heterocycles. The molecule has 0 spiro atoms. The number of aromatic nitrogens is 3. The van der Waals surface area contributed by atoms with Gasteiger partial charge in [-0.25, -0.2) is 9.50 Å². The Kier molecular flexibility index (Phi) is 4.99. The van der Waals surface area contributed by atoms with Crippen molar-refractivity contribution in [3.8, 4) is 0 Å². The molecule has 0 amide bonds. The maximum atomic E-state index is 6.07. The second kappa shape index (κ2) is 7.56. The van der Waals surface area contributed by atoms with E-state index in [1.807, 2.05) is 28.9 Å². The summed E-state index contributed by atoms with van der Waals surface area (Å²) >= 11 is 0. The molecule has 4 N–H and O–H groups in total. The zero-order chi connectivity index (χ0) is 18.8. The maximum Gasteiger partial charge on any atom is 0.177 e. The highest BCUT2D eigenvalue weighted by Gasteiger charge is 2.24. The largest absolute Gasteiger partial charge is 0.366 e. The molecule has 6 heteroatoms. The molecular weight excluding hydrogens is 336 g/mol. The Labute approximate surface area is 160 Å². The van der Waals surface area contributed by atoms with Crippen LogP contribution in [0.15, 0.2) is 42.7 Å². The van der Waals surface area contributed by atoms with Gasteiger partial charge in [-0.3, -0.25) is 0 Å². The summed E-state index contributed by atoms with van der Waals surface area (Å²) in [5.41, 5.74) is 10.2. The van der Waals surface area contributed by atoms with Crippen LogP contribution in [0.1, 0.15) is 51.0 Å². The second-order valence-electron chi connectivity index (χ2n) is 7.73. The lowest BCUT2D eigenvalue weighted by molar-refractivity contribution is 0.410. The third-order valence-corrected chi connectivity index (χ3v) is 5.31. The molecule has 0 atom stereocenters. The summed E-state index contributed by atoms with van der Waals surface area (Å²) in [5, 5.41) is 12.1. The van der Waals surface area contributed by atoms with E-state index in [1.165, 1.54) is 5.56 Å². The maximum absolute atomic E-state index is 6.07. The number of benzene rings is 1. The number of anilines is 3. The van der Waals surface area contributed by atoms with E-state index in [0.29, 0.717) is 18.0 Å². The van der Waals surface area contributed by atoms with Crippen LogP contribution < -0.4 is 16.4 Å². The van der Waals surface area contributed by atoms with E-state index in [1.54, 1.807) is 6.20 Å². The average molecular weight is 364 g/mol. The van der Waals surface area contributed by atoms with Crippen LogP contribution in [0.25, 0.3) is 5.65 Å². The molecule has 1 saturated carbocycles. The fourth-order valence-electron chi connectivity index (χ4n) is 3.87. The highest BCUT2D eigenvalue weighted by atomic mass is 15.3. The number of hydrogen-bond donors (Lipinski definition) is 3. The summed E-state index contributed by atoms with van der Waals surface area (Å²) in [4.78, 5) is 4.55. The number of rotatable bonds is 5. The molecule has 1 aromatic carbocycles. The van der Waals surface area contributed by atoms with Crippen LogP contribution in [-0.4, -0.2) is 26.7 Å². The van der Waals surface area contributed by atoms with E-state index in [2.05, 4.69) is 41.6 Å². The van der Waals surface area contributed by atoms with Gasteiger partial charge in [0.05, 0.1) is 5.69 Å². The molecule has 6 nitrogen and oxygen atoms in total. The standard InChI is InChI=1S/C21H28N6/c1-14(2)18-19(24-16-6-4-3-5-7-16)21-23-12-13-27(21)26-20(18)25-17-10-8-15(22)9-11-17/h3-7,12-15,17,24H,8-11,22H2,1-2H3,(H,25,26). The van der Waals surface area contributed by atoms with E-state index in [0.717, 1.165) is 48.5 Å². The quantitative estimate of drug-likeness (QED) is 0.630. The van der Waals surface area contributed by atoms with E-state index < -0.39 is 0 Å². The van der Waals surface area contributed by atoms with Gasteiger partial charge in [0, 0.05) is 35.7 Å². The smallest absolute Gasteiger partial charge is 0.177 e. The topological polar surface area (TPSA) is 80.3 Å². The van der Waals surface area contributed by atoms with Gasteiger partial charge in [0.2, 0.25) is 0 Å². The van der Waals surface area contributed by atoms with Gasteiger partial charge in [-0.2, -0.15) is 0 Å². The van der Waals surface area contributed by atoms with E-state index in [-0.39, 0.29) is 0 Å². The summed E-state index contributed by atoms with van der Waals surface area (Å²) in [5.74, 6) is 1.24. The average Bonchev–Trinajstić information content (AvgIpc) is 3.13. The Morgan fingerprint density at radius 1 is 1.11 bits per heavy atom. The fourth-order valence-corrected chi connectivity index (χ4v) is 3.87. The van der Waals surface area contributed by atoms with Gasteiger partial charge in [-0.1, -0.05) is 32.0 Å². The van der Waals surface area contributed by atoms with E-state index in [9.17, 15) is 0 Å². The predicted molar refractivity (Wildman–Crippen MR) is 111 cm³/mol. The van der Waals surface area contributed by atoms with Crippen LogP contribution in [0.5, 0.6) is 0 Å². The Morgan fingerprint density at radius 2 is 1.85 bits per heavy atom. The number of imidazole rings is 1. The van der Waals surface area contributed by atoms with Gasteiger partial charge in [0.15, 0.2) is 11.5 Å². The van der Waals surface area contributed by atoms with Gasteiger partial charge in [-0.05, 0) is 43.7 Å². The molecule has 0 bridgehead atoms. The molecule has 0 aliphatic heterocycles. The number of nitrogens with zero attached hydrogens (tertiary/aromatic N) is 3. The van der Waals surface area contributed by atoms with Gasteiger partial charge in [0.1, 0.15) is 0 Å². The highest BCUT2D eigenvalue weighted by molar-refractivity contribution is 5.81. The second-order valence-corrected chi connectivity index (χ2v) is 7.73. The molecule has 0 unspecified atom stereocenters. The lowest BCUT2D eigenvalue weighted by Crippen LogP contribution is -2.33. The normalized spacial score (nSPS) is 20.1. The molecule has 0 radical (unpaired) electrons. The number of hydrogen-bond acceptors (Lipinski definition) is 5. The van der Waals surface area contributed by atoms with Crippen molar-refractivity contribution in [1.29, 1.82) is 0 Å². The first-order valence-corrected chi connectivity index (χ1v) is 9.83. The van der Waals surface area contributed by atoms with Crippen molar-refractivity contribution in [3.05, 3.63) is 48.3 Å². The SMILES string of the molecule is CC(C)c1c(NC2CCC(N)CC2)nn2ccnc2c1Nc1ccccc1. The van der Waals surface area contributed by atoms with E-state index in [4.69, 9.17) is 10.8 Å². The van der Waals surface area contributed by atoms with Crippen LogP contribution in [0.2, 0.25) is 0 Å². The zero-order valence-corrected chi connectivity index (χ0v) is 16.0. The Morgan fingerprint density at radius 3 is 2.56 bits per heavy atom. The van der Waals surface area contributed by atoms with Crippen molar-refractivity contribution in [2.24, 2.45) is 5.73 Å². The van der Waals surface area contributed by atoms with Crippen LogP contribution in [-0.2, 0) is 0 Å². The molecule has 1 fully saturated rings. The number of para-hydroxylation sites is 1. The number of nitrogens with one attached hydrogen (secondary N) is 2. The summed E-state index contributed by atoms with van der Waals surface area (Å²) in [6.07, 6.45) is 8.01. The van der Waals surface area contributed by atoms with Crippen molar-refractivity contribution in [1.82, 2.24) is 14.6 Å². The highest BCUT2D eigenvalue weighted by Crippen LogP contribution is 2.36. The molecule has 142 valence electrons. The summed E-state index contributed by atoms with van der Waals surface area (Å²) < 4.78 is 1.86. The fraction of sp³-hybridized carbons (Fsp3) is 0.429.